The number of anilines is 1. The van der Waals surface area contributed by atoms with E-state index in [-0.39, 0.29) is 48.1 Å². The summed E-state index contributed by atoms with van der Waals surface area (Å²) in [5.41, 5.74) is 6.93. The first-order valence-corrected chi connectivity index (χ1v) is 9.45. The van der Waals surface area contributed by atoms with Gasteiger partial charge in [-0.1, -0.05) is 6.92 Å². The van der Waals surface area contributed by atoms with E-state index in [1.807, 2.05) is 0 Å². The number of esters is 1. The number of piperidine rings is 1. The lowest BCUT2D eigenvalue weighted by atomic mass is 9.96. The molecule has 1 aliphatic rings. The van der Waals surface area contributed by atoms with E-state index in [2.05, 4.69) is 5.32 Å². The number of likely N-dealkylation sites (tertiary alicyclic amines) is 1. The summed E-state index contributed by atoms with van der Waals surface area (Å²) in [7, 11) is 0. The number of carbonyl (C=O) groups is 3. The number of hydrogen-bond acceptors (Lipinski definition) is 5. The number of benzene rings is 1. The van der Waals surface area contributed by atoms with E-state index >= 15 is 0 Å². The molecular formula is C20H30ClN3O4. The molecule has 0 aliphatic carbocycles. The van der Waals surface area contributed by atoms with Gasteiger partial charge in [0.15, 0.2) is 0 Å². The second kappa shape index (κ2) is 11.0. The highest BCUT2D eigenvalue weighted by molar-refractivity contribution is 5.96. The SMILES string of the molecule is CCOC(=O)C1CCN(C(=O)c2ccc(NC(=O)C(C)C(C)N)cc2)CC1.Cl. The third-order valence-electron chi connectivity index (χ3n) is 5.00. The molecule has 0 spiro atoms. The average molecular weight is 412 g/mol. The van der Waals surface area contributed by atoms with E-state index in [9.17, 15) is 14.4 Å². The molecule has 2 atom stereocenters. The fourth-order valence-electron chi connectivity index (χ4n) is 2.95. The van der Waals surface area contributed by atoms with Crippen molar-refractivity contribution in [3.8, 4) is 0 Å². The van der Waals surface area contributed by atoms with Crippen molar-refractivity contribution in [2.45, 2.75) is 39.7 Å². The van der Waals surface area contributed by atoms with Crippen LogP contribution < -0.4 is 11.1 Å². The molecule has 0 radical (unpaired) electrons. The molecule has 2 unspecified atom stereocenters. The summed E-state index contributed by atoms with van der Waals surface area (Å²) < 4.78 is 5.05. The van der Waals surface area contributed by atoms with E-state index in [1.165, 1.54) is 0 Å². The zero-order valence-electron chi connectivity index (χ0n) is 16.6. The maximum absolute atomic E-state index is 12.6. The number of nitrogens with two attached hydrogens (primary N) is 1. The number of nitrogens with zero attached hydrogens (tertiary/aromatic N) is 1. The van der Waals surface area contributed by atoms with E-state index in [0.29, 0.717) is 43.8 Å². The molecule has 1 heterocycles. The van der Waals surface area contributed by atoms with Crippen molar-refractivity contribution < 1.29 is 19.1 Å². The van der Waals surface area contributed by atoms with Gasteiger partial charge in [0.05, 0.1) is 18.4 Å². The second-order valence-electron chi connectivity index (χ2n) is 7.03. The van der Waals surface area contributed by atoms with Crippen LogP contribution in [0.25, 0.3) is 0 Å². The monoisotopic (exact) mass is 411 g/mol. The molecule has 7 nitrogen and oxygen atoms in total. The largest absolute Gasteiger partial charge is 0.466 e. The highest BCUT2D eigenvalue weighted by Crippen LogP contribution is 2.21. The number of nitrogens with one attached hydrogen (secondary N) is 1. The quantitative estimate of drug-likeness (QED) is 0.700. The third-order valence-corrected chi connectivity index (χ3v) is 5.00. The first-order valence-electron chi connectivity index (χ1n) is 9.45. The van der Waals surface area contributed by atoms with Gasteiger partial charge in [-0.2, -0.15) is 0 Å². The second-order valence-corrected chi connectivity index (χ2v) is 7.03. The van der Waals surface area contributed by atoms with Gasteiger partial charge >= 0.3 is 5.97 Å². The predicted octanol–water partition coefficient (Wildman–Crippen LogP) is 2.45. The lowest BCUT2D eigenvalue weighted by Gasteiger charge is -2.31. The van der Waals surface area contributed by atoms with Crippen LogP contribution in [0, 0.1) is 11.8 Å². The smallest absolute Gasteiger partial charge is 0.309 e. The van der Waals surface area contributed by atoms with Gasteiger partial charge in [0.2, 0.25) is 5.91 Å². The molecule has 156 valence electrons. The molecule has 8 heteroatoms. The van der Waals surface area contributed by atoms with Gasteiger partial charge in [-0.3, -0.25) is 14.4 Å². The molecule has 3 N–H and O–H groups in total. The molecule has 1 fully saturated rings. The Balaban J connectivity index is 0.00000392. The number of amides is 2. The van der Waals surface area contributed by atoms with Gasteiger partial charge in [-0.05, 0) is 51.0 Å². The Bertz CT molecular complexity index is 671. The van der Waals surface area contributed by atoms with Crippen molar-refractivity contribution in [1.29, 1.82) is 0 Å². The van der Waals surface area contributed by atoms with Crippen molar-refractivity contribution in [3.05, 3.63) is 29.8 Å². The highest BCUT2D eigenvalue weighted by atomic mass is 35.5. The predicted molar refractivity (Wildman–Crippen MR) is 110 cm³/mol. The first-order chi connectivity index (χ1) is 12.8. The molecule has 1 saturated heterocycles. The van der Waals surface area contributed by atoms with Crippen molar-refractivity contribution in [2.75, 3.05) is 25.0 Å². The van der Waals surface area contributed by atoms with Crippen LogP contribution >= 0.6 is 12.4 Å². The molecule has 2 rings (SSSR count). The van der Waals surface area contributed by atoms with Crippen LogP contribution in [0.1, 0.15) is 44.0 Å². The lowest BCUT2D eigenvalue weighted by Crippen LogP contribution is -2.40. The number of rotatable bonds is 6. The summed E-state index contributed by atoms with van der Waals surface area (Å²) in [6, 6.07) is 6.59. The van der Waals surface area contributed by atoms with E-state index in [0.717, 1.165) is 0 Å². The van der Waals surface area contributed by atoms with Gasteiger partial charge in [0.1, 0.15) is 0 Å². The minimum atomic E-state index is -0.299. The Hall–Kier alpha value is -2.12. The molecule has 2 amide bonds. The molecular weight excluding hydrogens is 382 g/mol. The third kappa shape index (κ3) is 6.21. The topological polar surface area (TPSA) is 102 Å². The molecule has 0 bridgehead atoms. The van der Waals surface area contributed by atoms with Crippen LogP contribution in [0.4, 0.5) is 5.69 Å². The summed E-state index contributed by atoms with van der Waals surface area (Å²) in [6.45, 7) is 6.80. The van der Waals surface area contributed by atoms with Crippen LogP contribution in [0.2, 0.25) is 0 Å². The Morgan fingerprint density at radius 1 is 1.18 bits per heavy atom. The fourth-order valence-corrected chi connectivity index (χ4v) is 2.95. The molecule has 1 aromatic carbocycles. The molecule has 1 aliphatic heterocycles. The van der Waals surface area contributed by atoms with Crippen LogP contribution in [0.5, 0.6) is 0 Å². The van der Waals surface area contributed by atoms with Gasteiger partial charge in [-0.25, -0.2) is 0 Å². The molecule has 1 aromatic rings. The van der Waals surface area contributed by atoms with Crippen LogP contribution in [-0.4, -0.2) is 48.4 Å². The Morgan fingerprint density at radius 3 is 2.25 bits per heavy atom. The first kappa shape index (κ1) is 23.9. The van der Waals surface area contributed by atoms with Gasteiger partial charge in [0.25, 0.3) is 5.91 Å². The standard InChI is InChI=1S/C20H29N3O4.ClH/c1-4-27-20(26)16-9-11-23(12-10-16)19(25)15-5-7-17(8-6-15)22-18(24)13(2)14(3)21;/h5-8,13-14,16H,4,9-12,21H2,1-3H3,(H,22,24);1H. The maximum atomic E-state index is 12.6. The number of carbonyl (C=O) groups excluding carboxylic acids is 3. The Morgan fingerprint density at radius 2 is 1.75 bits per heavy atom. The molecule has 0 saturated carbocycles. The normalized spacial score (nSPS) is 16.5. The van der Waals surface area contributed by atoms with Crippen molar-refractivity contribution in [1.82, 2.24) is 4.90 Å². The van der Waals surface area contributed by atoms with Crippen LogP contribution in [0.15, 0.2) is 24.3 Å². The zero-order valence-corrected chi connectivity index (χ0v) is 17.5. The summed E-state index contributed by atoms with van der Waals surface area (Å²) in [5.74, 6) is -0.819. The van der Waals surface area contributed by atoms with Gasteiger partial charge in [0, 0.05) is 30.4 Å². The van der Waals surface area contributed by atoms with Crippen molar-refractivity contribution in [2.24, 2.45) is 17.6 Å². The summed E-state index contributed by atoms with van der Waals surface area (Å²) in [5, 5.41) is 2.80. The lowest BCUT2D eigenvalue weighted by molar-refractivity contribution is -0.149. The van der Waals surface area contributed by atoms with Gasteiger partial charge < -0.3 is 20.7 Å². The minimum absolute atomic E-state index is 0. The van der Waals surface area contributed by atoms with Crippen molar-refractivity contribution >= 4 is 35.9 Å². The minimum Gasteiger partial charge on any atom is -0.466 e. The maximum Gasteiger partial charge on any atom is 0.309 e. The average Bonchev–Trinajstić information content (AvgIpc) is 2.67. The molecule has 0 aromatic heterocycles. The Kier molecular flexibility index (Phi) is 9.41. The van der Waals surface area contributed by atoms with E-state index in [1.54, 1.807) is 49.9 Å². The summed E-state index contributed by atoms with van der Waals surface area (Å²) in [4.78, 5) is 38.2. The van der Waals surface area contributed by atoms with E-state index in [4.69, 9.17) is 10.5 Å². The van der Waals surface area contributed by atoms with E-state index < -0.39 is 0 Å². The zero-order chi connectivity index (χ0) is 20.0. The number of halogens is 1. The fraction of sp³-hybridized carbons (Fsp3) is 0.550. The van der Waals surface area contributed by atoms with Crippen LogP contribution in [-0.2, 0) is 14.3 Å². The van der Waals surface area contributed by atoms with Crippen molar-refractivity contribution in [3.63, 3.8) is 0 Å². The molecule has 28 heavy (non-hydrogen) atoms. The number of ether oxygens (including phenoxy) is 1. The Labute approximate surface area is 172 Å². The van der Waals surface area contributed by atoms with Crippen LogP contribution in [0.3, 0.4) is 0 Å². The highest BCUT2D eigenvalue weighted by Gasteiger charge is 2.28. The summed E-state index contributed by atoms with van der Waals surface area (Å²) >= 11 is 0. The van der Waals surface area contributed by atoms with Gasteiger partial charge in [-0.15, -0.1) is 12.4 Å². The summed E-state index contributed by atoms with van der Waals surface area (Å²) in [6.07, 6.45) is 1.24. The number of hydrogen-bond donors (Lipinski definition) is 2.